The Kier molecular flexibility index (Phi) is 4.76. The molecule has 1 aromatic heterocycles. The van der Waals surface area contributed by atoms with Gasteiger partial charge in [-0.05, 0) is 24.3 Å². The molecule has 0 unspecified atom stereocenters. The van der Waals surface area contributed by atoms with Crippen molar-refractivity contribution in [3.8, 4) is 5.75 Å². The summed E-state index contributed by atoms with van der Waals surface area (Å²) in [6, 6.07) is 9.28. The predicted molar refractivity (Wildman–Crippen MR) is 73.1 cm³/mol. The van der Waals surface area contributed by atoms with Crippen molar-refractivity contribution in [3.05, 3.63) is 51.4 Å². The van der Waals surface area contributed by atoms with Gasteiger partial charge in [-0.1, -0.05) is 17.7 Å². The quantitative estimate of drug-likeness (QED) is 0.920. The summed E-state index contributed by atoms with van der Waals surface area (Å²) < 4.78 is 18.7. The molecule has 1 N–H and O–H groups in total. The molecule has 0 radical (unpaired) electrons. The zero-order valence-corrected chi connectivity index (χ0v) is 11.4. The zero-order chi connectivity index (χ0) is 13.7. The van der Waals surface area contributed by atoms with Crippen molar-refractivity contribution >= 4 is 28.8 Å². The number of ether oxygens (including phenoxy) is 1. The van der Waals surface area contributed by atoms with Crippen LogP contribution in [0.5, 0.6) is 5.75 Å². The minimum Gasteiger partial charge on any atom is -0.484 e. The average molecular weight is 300 g/mol. The Bertz CT molecular complexity index is 573. The van der Waals surface area contributed by atoms with Crippen LogP contribution >= 0.6 is 22.9 Å². The van der Waals surface area contributed by atoms with Gasteiger partial charge in [-0.15, -0.1) is 11.3 Å². The van der Waals surface area contributed by atoms with Crippen LogP contribution in [0.1, 0.15) is 4.88 Å². The van der Waals surface area contributed by atoms with Gasteiger partial charge in [0.2, 0.25) is 0 Å². The summed E-state index contributed by atoms with van der Waals surface area (Å²) in [6.07, 6.45) is 0. The Hall–Kier alpha value is -1.59. The molecule has 3 nitrogen and oxygen atoms in total. The maximum atomic E-state index is 12.9. The van der Waals surface area contributed by atoms with Crippen LogP contribution in [0.25, 0.3) is 0 Å². The van der Waals surface area contributed by atoms with Crippen molar-refractivity contribution in [3.63, 3.8) is 0 Å². The maximum absolute atomic E-state index is 12.9. The number of benzene rings is 1. The first-order valence-electron chi connectivity index (χ1n) is 5.53. The summed E-state index contributed by atoms with van der Waals surface area (Å²) >= 11 is 7.18. The Morgan fingerprint density at radius 2 is 2.21 bits per heavy atom. The van der Waals surface area contributed by atoms with Crippen molar-refractivity contribution in [2.75, 3.05) is 6.61 Å². The van der Waals surface area contributed by atoms with Gasteiger partial charge in [-0.25, -0.2) is 4.39 Å². The van der Waals surface area contributed by atoms with Crippen LogP contribution in [-0.2, 0) is 11.3 Å². The number of hydrogen-bond acceptors (Lipinski definition) is 3. The first-order valence-corrected chi connectivity index (χ1v) is 6.72. The largest absolute Gasteiger partial charge is 0.484 e. The van der Waals surface area contributed by atoms with E-state index in [4.69, 9.17) is 16.3 Å². The number of rotatable bonds is 5. The molecule has 2 aromatic rings. The highest BCUT2D eigenvalue weighted by Gasteiger charge is 2.04. The minimum absolute atomic E-state index is 0.150. The lowest BCUT2D eigenvalue weighted by molar-refractivity contribution is -0.123. The molecule has 19 heavy (non-hydrogen) atoms. The normalized spacial score (nSPS) is 10.2. The molecule has 0 fully saturated rings. The molecule has 100 valence electrons. The van der Waals surface area contributed by atoms with Crippen LogP contribution in [0.2, 0.25) is 4.34 Å². The summed E-state index contributed by atoms with van der Waals surface area (Å²) in [5, 5.41) is 2.69. The molecule has 0 spiro atoms. The average Bonchev–Trinajstić information content (AvgIpc) is 2.80. The van der Waals surface area contributed by atoms with Gasteiger partial charge in [0.15, 0.2) is 6.61 Å². The summed E-state index contributed by atoms with van der Waals surface area (Å²) in [5.74, 6) is -0.339. The third-order valence-electron chi connectivity index (χ3n) is 2.25. The van der Waals surface area contributed by atoms with Crippen LogP contribution in [0.15, 0.2) is 36.4 Å². The van der Waals surface area contributed by atoms with Gasteiger partial charge in [0.1, 0.15) is 11.6 Å². The molecule has 1 amide bonds. The van der Waals surface area contributed by atoms with Gasteiger partial charge in [0.05, 0.1) is 10.9 Å². The Morgan fingerprint density at radius 3 is 2.89 bits per heavy atom. The highest BCUT2D eigenvalue weighted by atomic mass is 35.5. The summed E-state index contributed by atoms with van der Waals surface area (Å²) in [6.45, 7) is 0.255. The fourth-order valence-corrected chi connectivity index (χ4v) is 2.42. The molecule has 1 heterocycles. The third kappa shape index (κ3) is 4.54. The lowest BCUT2D eigenvalue weighted by atomic mass is 10.3. The molecular formula is C13H11ClFNO2S. The third-order valence-corrected chi connectivity index (χ3v) is 3.49. The van der Waals surface area contributed by atoms with Gasteiger partial charge < -0.3 is 10.1 Å². The van der Waals surface area contributed by atoms with Gasteiger partial charge in [-0.3, -0.25) is 4.79 Å². The molecule has 0 aliphatic heterocycles. The second-order valence-corrected chi connectivity index (χ2v) is 5.53. The molecule has 0 aliphatic rings. The number of hydrogen-bond donors (Lipinski definition) is 1. The molecule has 0 bridgehead atoms. The van der Waals surface area contributed by atoms with Crippen molar-refractivity contribution in [2.45, 2.75) is 6.54 Å². The smallest absolute Gasteiger partial charge is 0.258 e. The highest BCUT2D eigenvalue weighted by Crippen LogP contribution is 2.20. The molecule has 1 aromatic carbocycles. The van der Waals surface area contributed by atoms with Crippen molar-refractivity contribution in [1.82, 2.24) is 5.32 Å². The second-order valence-electron chi connectivity index (χ2n) is 3.73. The van der Waals surface area contributed by atoms with Gasteiger partial charge in [-0.2, -0.15) is 0 Å². The molecule has 0 saturated heterocycles. The lowest BCUT2D eigenvalue weighted by Gasteiger charge is -2.06. The minimum atomic E-state index is -0.397. The SMILES string of the molecule is O=C(COc1cccc(F)c1)NCc1ccc(Cl)s1. The fraction of sp³-hybridized carbons (Fsp3) is 0.154. The monoisotopic (exact) mass is 299 g/mol. The molecule has 0 saturated carbocycles. The molecule has 0 atom stereocenters. The van der Waals surface area contributed by atoms with Crippen LogP contribution in [0, 0.1) is 5.82 Å². The lowest BCUT2D eigenvalue weighted by Crippen LogP contribution is -2.28. The van der Waals surface area contributed by atoms with Gasteiger partial charge >= 0.3 is 0 Å². The zero-order valence-electron chi connectivity index (χ0n) is 9.86. The Morgan fingerprint density at radius 1 is 1.37 bits per heavy atom. The molecular weight excluding hydrogens is 289 g/mol. The number of carbonyl (C=O) groups excluding carboxylic acids is 1. The molecule has 0 aliphatic carbocycles. The number of amides is 1. The van der Waals surface area contributed by atoms with E-state index in [0.29, 0.717) is 16.6 Å². The van der Waals surface area contributed by atoms with E-state index in [0.717, 1.165) is 4.88 Å². The first kappa shape index (κ1) is 13.8. The van der Waals surface area contributed by atoms with Crippen LogP contribution in [-0.4, -0.2) is 12.5 Å². The number of halogens is 2. The Balaban J connectivity index is 1.75. The second kappa shape index (κ2) is 6.54. The van der Waals surface area contributed by atoms with E-state index in [1.807, 2.05) is 6.07 Å². The van der Waals surface area contributed by atoms with E-state index in [2.05, 4.69) is 5.32 Å². The summed E-state index contributed by atoms with van der Waals surface area (Å²) in [4.78, 5) is 12.5. The van der Waals surface area contributed by atoms with E-state index in [9.17, 15) is 9.18 Å². The topological polar surface area (TPSA) is 38.3 Å². The van der Waals surface area contributed by atoms with Crippen molar-refractivity contribution in [1.29, 1.82) is 0 Å². The number of thiophene rings is 1. The first-order chi connectivity index (χ1) is 9.13. The molecule has 2 rings (SSSR count). The fourth-order valence-electron chi connectivity index (χ4n) is 1.39. The molecule has 6 heteroatoms. The predicted octanol–water partition coefficient (Wildman–Crippen LogP) is 3.24. The van der Waals surface area contributed by atoms with E-state index in [-0.39, 0.29) is 12.5 Å². The van der Waals surface area contributed by atoms with Crippen molar-refractivity contribution < 1.29 is 13.9 Å². The van der Waals surface area contributed by atoms with E-state index >= 15 is 0 Å². The van der Waals surface area contributed by atoms with E-state index in [1.165, 1.54) is 29.5 Å². The van der Waals surface area contributed by atoms with Crippen molar-refractivity contribution in [2.24, 2.45) is 0 Å². The van der Waals surface area contributed by atoms with Crippen LogP contribution in [0.4, 0.5) is 4.39 Å². The van der Waals surface area contributed by atoms with E-state index < -0.39 is 5.82 Å². The highest BCUT2D eigenvalue weighted by molar-refractivity contribution is 7.16. The summed E-state index contributed by atoms with van der Waals surface area (Å²) in [5.41, 5.74) is 0. The van der Waals surface area contributed by atoms with Crippen LogP contribution < -0.4 is 10.1 Å². The van der Waals surface area contributed by atoms with Gasteiger partial charge in [0.25, 0.3) is 5.91 Å². The Labute approximate surface area is 119 Å². The van der Waals surface area contributed by atoms with Gasteiger partial charge in [0, 0.05) is 10.9 Å². The maximum Gasteiger partial charge on any atom is 0.258 e. The number of nitrogens with one attached hydrogen (secondary N) is 1. The van der Waals surface area contributed by atoms with E-state index in [1.54, 1.807) is 12.1 Å². The number of carbonyl (C=O) groups is 1. The standard InChI is InChI=1S/C13H11ClFNO2S/c14-12-5-4-11(19-12)7-16-13(17)8-18-10-3-1-2-9(15)6-10/h1-6H,7-8H2,(H,16,17). The van der Waals surface area contributed by atoms with Crippen LogP contribution in [0.3, 0.4) is 0 Å². The summed E-state index contributed by atoms with van der Waals surface area (Å²) in [7, 11) is 0.